The molecule has 0 aliphatic carbocycles. The summed E-state index contributed by atoms with van der Waals surface area (Å²) in [6, 6.07) is 21.2. The van der Waals surface area contributed by atoms with Gasteiger partial charge in [-0.1, -0.05) is 39.8 Å². The summed E-state index contributed by atoms with van der Waals surface area (Å²) in [6.45, 7) is 8.83. The Morgan fingerprint density at radius 2 is 1.04 bits per heavy atom. The number of aromatic nitrogens is 2. The molecule has 0 bridgehead atoms. The lowest BCUT2D eigenvalue weighted by Gasteiger charge is -2.10. The van der Waals surface area contributed by atoms with Crippen LogP contribution in [0.3, 0.4) is 0 Å². The summed E-state index contributed by atoms with van der Waals surface area (Å²) in [4.78, 5) is 9.47. The van der Waals surface area contributed by atoms with Gasteiger partial charge in [-0.15, -0.1) is 0 Å². The lowest BCUT2D eigenvalue weighted by molar-refractivity contribution is 0.868. The Bertz CT molecular complexity index is 1020. The number of hydrogen-bond donors (Lipinski definition) is 1. The monoisotopic (exact) mass is 355 g/mol. The van der Waals surface area contributed by atoms with Gasteiger partial charge in [0.1, 0.15) is 11.6 Å². The molecule has 0 saturated heterocycles. The summed E-state index contributed by atoms with van der Waals surface area (Å²) in [7, 11) is 0. The number of fused-ring (bicyclic) bond motifs is 2. The first-order valence-electron chi connectivity index (χ1n) is 9.58. The fourth-order valence-electron chi connectivity index (χ4n) is 3.28. The molecule has 4 rings (SSSR count). The van der Waals surface area contributed by atoms with Gasteiger partial charge in [-0.25, -0.2) is 9.97 Å². The predicted molar refractivity (Wildman–Crippen MR) is 115 cm³/mol. The minimum atomic E-state index is 0.519. The van der Waals surface area contributed by atoms with Crippen LogP contribution in [0, 0.1) is 0 Å². The van der Waals surface area contributed by atoms with E-state index in [4.69, 9.17) is 9.97 Å². The van der Waals surface area contributed by atoms with Crippen LogP contribution in [0.5, 0.6) is 0 Å². The summed E-state index contributed by atoms with van der Waals surface area (Å²) in [5.74, 6) is 2.66. The first kappa shape index (κ1) is 17.5. The molecule has 27 heavy (non-hydrogen) atoms. The first-order valence-corrected chi connectivity index (χ1v) is 9.58. The topological polar surface area (TPSA) is 37.8 Å². The molecule has 3 nitrogen and oxygen atoms in total. The van der Waals surface area contributed by atoms with Crippen LogP contribution in [0.15, 0.2) is 60.7 Å². The van der Waals surface area contributed by atoms with Crippen LogP contribution < -0.4 is 5.32 Å². The van der Waals surface area contributed by atoms with Crippen molar-refractivity contribution in [1.29, 1.82) is 0 Å². The molecule has 0 spiro atoms. The maximum absolute atomic E-state index is 4.74. The van der Waals surface area contributed by atoms with Gasteiger partial charge >= 0.3 is 0 Å². The van der Waals surface area contributed by atoms with Crippen molar-refractivity contribution < 1.29 is 0 Å². The molecule has 136 valence electrons. The van der Waals surface area contributed by atoms with Crippen LogP contribution in [0.2, 0.25) is 0 Å². The highest BCUT2D eigenvalue weighted by Gasteiger charge is 2.06. The zero-order chi connectivity index (χ0) is 19.0. The minimum Gasteiger partial charge on any atom is -0.325 e. The smallest absolute Gasteiger partial charge is 0.132 e. The van der Waals surface area contributed by atoms with E-state index in [0.717, 1.165) is 22.7 Å². The summed E-state index contributed by atoms with van der Waals surface area (Å²) >= 11 is 0. The van der Waals surface area contributed by atoms with Gasteiger partial charge < -0.3 is 5.32 Å². The number of benzene rings is 2. The average Bonchev–Trinajstić information content (AvgIpc) is 2.67. The number of hydrogen-bond acceptors (Lipinski definition) is 3. The van der Waals surface area contributed by atoms with E-state index in [-0.39, 0.29) is 0 Å². The third-order valence-electron chi connectivity index (χ3n) is 5.02. The molecule has 0 fully saturated rings. The van der Waals surface area contributed by atoms with Gasteiger partial charge in [0.05, 0.1) is 11.0 Å². The fraction of sp³-hybridized carbons (Fsp3) is 0.250. The van der Waals surface area contributed by atoms with Crippen LogP contribution in [-0.2, 0) is 0 Å². The van der Waals surface area contributed by atoms with Gasteiger partial charge in [0.25, 0.3) is 0 Å². The molecule has 0 radical (unpaired) electrons. The summed E-state index contributed by atoms with van der Waals surface area (Å²) in [5, 5.41) is 5.67. The number of nitrogens with one attached hydrogen (secondary N) is 1. The van der Waals surface area contributed by atoms with E-state index in [0.29, 0.717) is 11.8 Å². The van der Waals surface area contributed by atoms with Crippen molar-refractivity contribution in [3.05, 3.63) is 71.8 Å². The van der Waals surface area contributed by atoms with Crippen molar-refractivity contribution in [2.45, 2.75) is 39.5 Å². The van der Waals surface area contributed by atoms with Crippen LogP contribution in [0.1, 0.15) is 50.7 Å². The molecular formula is C24H25N3. The van der Waals surface area contributed by atoms with Gasteiger partial charge in [-0.2, -0.15) is 0 Å². The molecule has 0 atom stereocenters. The minimum absolute atomic E-state index is 0.519. The second kappa shape index (κ2) is 6.99. The van der Waals surface area contributed by atoms with Crippen molar-refractivity contribution in [3.63, 3.8) is 0 Å². The largest absolute Gasteiger partial charge is 0.325 e. The molecule has 2 heterocycles. The summed E-state index contributed by atoms with van der Waals surface area (Å²) < 4.78 is 0. The Hall–Kier alpha value is -2.94. The molecule has 4 aromatic rings. The Balaban J connectivity index is 1.63. The maximum atomic E-state index is 4.74. The van der Waals surface area contributed by atoms with Crippen molar-refractivity contribution in [2.75, 3.05) is 5.32 Å². The Morgan fingerprint density at radius 3 is 1.44 bits per heavy atom. The van der Waals surface area contributed by atoms with Crippen LogP contribution in [0.25, 0.3) is 21.8 Å². The molecule has 2 aromatic heterocycles. The van der Waals surface area contributed by atoms with E-state index in [1.54, 1.807) is 0 Å². The molecule has 0 aliphatic rings. The SMILES string of the molecule is CC(C)c1ccc2nc(Nc3ccc4cc(C(C)C)ccc4n3)ccc2c1. The normalized spacial score (nSPS) is 11.6. The number of rotatable bonds is 4. The zero-order valence-electron chi connectivity index (χ0n) is 16.3. The van der Waals surface area contributed by atoms with Crippen LogP contribution in [0.4, 0.5) is 11.6 Å². The molecule has 3 heteroatoms. The van der Waals surface area contributed by atoms with Gasteiger partial charge in [-0.3, -0.25) is 0 Å². The maximum Gasteiger partial charge on any atom is 0.132 e. The van der Waals surface area contributed by atoms with Gasteiger partial charge in [0.2, 0.25) is 0 Å². The average molecular weight is 355 g/mol. The van der Waals surface area contributed by atoms with Gasteiger partial charge in [-0.05, 0) is 71.5 Å². The van der Waals surface area contributed by atoms with Crippen molar-refractivity contribution >= 4 is 33.4 Å². The number of pyridine rings is 2. The molecule has 0 amide bonds. The lowest BCUT2D eigenvalue weighted by atomic mass is 10.0. The fourth-order valence-corrected chi connectivity index (χ4v) is 3.28. The van der Waals surface area contributed by atoms with Crippen LogP contribution in [-0.4, -0.2) is 9.97 Å². The molecule has 0 aliphatic heterocycles. The van der Waals surface area contributed by atoms with Gasteiger partial charge in [0, 0.05) is 10.8 Å². The van der Waals surface area contributed by atoms with Crippen molar-refractivity contribution in [2.24, 2.45) is 0 Å². The van der Waals surface area contributed by atoms with E-state index in [1.165, 1.54) is 21.9 Å². The van der Waals surface area contributed by atoms with E-state index in [9.17, 15) is 0 Å². The van der Waals surface area contributed by atoms with E-state index < -0.39 is 0 Å². The molecule has 1 N–H and O–H groups in total. The summed E-state index contributed by atoms with van der Waals surface area (Å²) in [5.41, 5.74) is 4.66. The van der Waals surface area contributed by atoms with E-state index >= 15 is 0 Å². The quantitative estimate of drug-likeness (QED) is 0.439. The number of anilines is 2. The number of nitrogens with zero attached hydrogens (tertiary/aromatic N) is 2. The van der Waals surface area contributed by atoms with Crippen molar-refractivity contribution in [3.8, 4) is 0 Å². The van der Waals surface area contributed by atoms with Crippen molar-refractivity contribution in [1.82, 2.24) is 9.97 Å². The standard InChI is InChI=1S/C24H25N3/c1-15(2)17-5-9-21-19(13-17)7-11-23(25-21)27-24-12-8-20-14-18(16(3)4)6-10-22(20)26-24/h5-16H,1-4H3,(H,25,26,27). The molecule has 0 unspecified atom stereocenters. The Morgan fingerprint density at radius 1 is 0.593 bits per heavy atom. The third kappa shape index (κ3) is 3.63. The second-order valence-corrected chi connectivity index (χ2v) is 7.73. The highest BCUT2D eigenvalue weighted by atomic mass is 15.1. The Labute approximate surface area is 160 Å². The first-order chi connectivity index (χ1) is 13.0. The molecule has 0 saturated carbocycles. The highest BCUT2D eigenvalue weighted by Crippen LogP contribution is 2.25. The second-order valence-electron chi connectivity index (χ2n) is 7.73. The van der Waals surface area contributed by atoms with E-state index in [2.05, 4.69) is 81.5 Å². The van der Waals surface area contributed by atoms with E-state index in [1.807, 2.05) is 12.1 Å². The summed E-state index contributed by atoms with van der Waals surface area (Å²) in [6.07, 6.45) is 0. The predicted octanol–water partition coefficient (Wildman–Crippen LogP) is 6.77. The molecule has 2 aromatic carbocycles. The Kier molecular flexibility index (Phi) is 4.53. The van der Waals surface area contributed by atoms with Gasteiger partial charge in [0.15, 0.2) is 0 Å². The zero-order valence-corrected chi connectivity index (χ0v) is 16.3. The third-order valence-corrected chi connectivity index (χ3v) is 5.02. The van der Waals surface area contributed by atoms with Crippen LogP contribution >= 0.6 is 0 Å². The molecular weight excluding hydrogens is 330 g/mol. The highest BCUT2D eigenvalue weighted by molar-refractivity contribution is 5.83. The lowest BCUT2D eigenvalue weighted by Crippen LogP contribution is -1.97.